The van der Waals surface area contributed by atoms with E-state index in [4.69, 9.17) is 4.74 Å². The Labute approximate surface area is 231 Å². The van der Waals surface area contributed by atoms with E-state index in [9.17, 15) is 18.0 Å². The van der Waals surface area contributed by atoms with Gasteiger partial charge in [-0.1, -0.05) is 74.5 Å². The zero-order valence-electron chi connectivity index (χ0n) is 22.9. The molecule has 0 aliphatic rings. The second-order valence-corrected chi connectivity index (χ2v) is 11.7. The van der Waals surface area contributed by atoms with Crippen LogP contribution >= 0.6 is 0 Å². The molecule has 0 saturated carbocycles. The minimum atomic E-state index is -3.79. The first-order chi connectivity index (χ1) is 18.6. The Balaban J connectivity index is 2.04. The summed E-state index contributed by atoms with van der Waals surface area (Å²) in [7, 11) is -2.23. The molecule has 0 heterocycles. The predicted octanol–water partition coefficient (Wildman–Crippen LogP) is 3.87. The highest BCUT2D eigenvalue weighted by Crippen LogP contribution is 2.21. The molecule has 0 radical (unpaired) electrons. The number of amides is 2. The van der Waals surface area contributed by atoms with Crippen LogP contribution in [0.15, 0.2) is 84.9 Å². The smallest absolute Gasteiger partial charge is 0.244 e. The molecule has 1 atom stereocenters. The summed E-state index contributed by atoms with van der Waals surface area (Å²) in [5.41, 5.74) is 2.01. The van der Waals surface area contributed by atoms with Crippen molar-refractivity contribution in [3.63, 3.8) is 0 Å². The lowest BCUT2D eigenvalue weighted by Gasteiger charge is -2.33. The van der Waals surface area contributed by atoms with Crippen LogP contribution in [0.2, 0.25) is 0 Å². The summed E-state index contributed by atoms with van der Waals surface area (Å²) >= 11 is 0. The zero-order valence-corrected chi connectivity index (χ0v) is 23.7. The number of benzene rings is 3. The van der Waals surface area contributed by atoms with Crippen molar-refractivity contribution in [2.45, 2.75) is 32.9 Å². The molecule has 3 aromatic carbocycles. The molecule has 0 fully saturated rings. The molecule has 3 aromatic rings. The van der Waals surface area contributed by atoms with E-state index in [1.807, 2.05) is 56.3 Å². The van der Waals surface area contributed by atoms with Crippen LogP contribution in [0.25, 0.3) is 0 Å². The molecule has 0 aliphatic carbocycles. The van der Waals surface area contributed by atoms with Gasteiger partial charge in [0.1, 0.15) is 18.3 Å². The summed E-state index contributed by atoms with van der Waals surface area (Å²) in [6, 6.07) is 24.3. The van der Waals surface area contributed by atoms with Crippen molar-refractivity contribution < 1.29 is 22.7 Å². The number of carbonyl (C=O) groups excluding carboxylic acids is 2. The van der Waals surface area contributed by atoms with E-state index in [0.29, 0.717) is 18.0 Å². The van der Waals surface area contributed by atoms with Crippen molar-refractivity contribution in [3.05, 3.63) is 96.1 Å². The fourth-order valence-electron chi connectivity index (χ4n) is 4.15. The van der Waals surface area contributed by atoms with E-state index in [1.165, 1.54) is 4.90 Å². The highest BCUT2D eigenvalue weighted by atomic mass is 32.2. The normalized spacial score (nSPS) is 12.0. The minimum absolute atomic E-state index is 0.0923. The second kappa shape index (κ2) is 13.8. The van der Waals surface area contributed by atoms with Gasteiger partial charge >= 0.3 is 0 Å². The highest BCUT2D eigenvalue weighted by Gasteiger charge is 2.33. The fraction of sp³-hybridized carbons (Fsp3) is 0.333. The van der Waals surface area contributed by atoms with Crippen molar-refractivity contribution in [1.82, 2.24) is 10.2 Å². The van der Waals surface area contributed by atoms with Crippen molar-refractivity contribution >= 4 is 27.5 Å². The van der Waals surface area contributed by atoms with Crippen molar-refractivity contribution in [2.24, 2.45) is 5.92 Å². The molecule has 2 amide bonds. The number of anilines is 1. The maximum Gasteiger partial charge on any atom is 0.244 e. The van der Waals surface area contributed by atoms with Gasteiger partial charge in [0.25, 0.3) is 0 Å². The molecule has 0 unspecified atom stereocenters. The number of rotatable bonds is 13. The summed E-state index contributed by atoms with van der Waals surface area (Å²) in [4.78, 5) is 29.1. The molecule has 0 aromatic heterocycles. The van der Waals surface area contributed by atoms with Crippen LogP contribution in [0.5, 0.6) is 5.75 Å². The molecule has 39 heavy (non-hydrogen) atoms. The van der Waals surface area contributed by atoms with Crippen molar-refractivity contribution in [2.75, 3.05) is 30.8 Å². The number of methoxy groups -OCH3 is 1. The van der Waals surface area contributed by atoms with E-state index < -0.39 is 28.5 Å². The first-order valence-electron chi connectivity index (χ1n) is 12.8. The lowest BCUT2D eigenvalue weighted by Crippen LogP contribution is -2.53. The van der Waals surface area contributed by atoms with Crippen LogP contribution in [0.4, 0.5) is 5.69 Å². The minimum Gasteiger partial charge on any atom is -0.497 e. The van der Waals surface area contributed by atoms with Gasteiger partial charge in [-0.25, -0.2) is 8.42 Å². The molecule has 0 spiro atoms. The molecule has 9 heteroatoms. The molecule has 8 nitrogen and oxygen atoms in total. The van der Waals surface area contributed by atoms with Crippen LogP contribution in [-0.4, -0.2) is 57.6 Å². The Morgan fingerprint density at radius 2 is 1.51 bits per heavy atom. The summed E-state index contributed by atoms with van der Waals surface area (Å²) < 4.78 is 32.0. The van der Waals surface area contributed by atoms with Gasteiger partial charge in [-0.2, -0.15) is 0 Å². The number of nitrogens with zero attached hydrogens (tertiary/aromatic N) is 2. The molecule has 3 rings (SSSR count). The number of hydrogen-bond acceptors (Lipinski definition) is 5. The molecule has 0 saturated heterocycles. The third kappa shape index (κ3) is 8.85. The predicted molar refractivity (Wildman–Crippen MR) is 154 cm³/mol. The fourth-order valence-corrected chi connectivity index (χ4v) is 5.00. The lowest BCUT2D eigenvalue weighted by molar-refractivity contribution is -0.140. The average Bonchev–Trinajstić information content (AvgIpc) is 2.92. The van der Waals surface area contributed by atoms with Gasteiger partial charge in [0.05, 0.1) is 19.1 Å². The van der Waals surface area contributed by atoms with Crippen LogP contribution in [0.1, 0.15) is 25.0 Å². The average molecular weight is 552 g/mol. The monoisotopic (exact) mass is 551 g/mol. The van der Waals surface area contributed by atoms with Gasteiger partial charge in [0, 0.05) is 19.5 Å². The van der Waals surface area contributed by atoms with E-state index in [2.05, 4.69) is 5.32 Å². The standard InChI is InChI=1S/C30H37N3O5S/c1-23(2)20-31-30(35)28(19-24-12-7-5-8-13-24)32(21-25-14-11-17-27(18-25)38-3)29(34)22-33(39(4,36)37)26-15-9-6-10-16-26/h5-18,23,28H,19-22H2,1-4H3,(H,31,35)/t28-/m1/s1. The molecular weight excluding hydrogens is 514 g/mol. The maximum absolute atomic E-state index is 14.0. The summed E-state index contributed by atoms with van der Waals surface area (Å²) in [5, 5.41) is 2.97. The summed E-state index contributed by atoms with van der Waals surface area (Å²) in [6.45, 7) is 4.08. The highest BCUT2D eigenvalue weighted by molar-refractivity contribution is 7.92. The molecule has 1 N–H and O–H groups in total. The lowest BCUT2D eigenvalue weighted by atomic mass is 10.0. The summed E-state index contributed by atoms with van der Waals surface area (Å²) in [5.74, 6) is 0.0422. The number of hydrogen-bond donors (Lipinski definition) is 1. The first kappa shape index (κ1) is 29.7. The molecule has 0 aliphatic heterocycles. The number of sulfonamides is 1. The third-order valence-corrected chi connectivity index (χ3v) is 7.31. The van der Waals surface area contributed by atoms with Gasteiger partial charge in [0.2, 0.25) is 21.8 Å². The quantitative estimate of drug-likeness (QED) is 0.348. The molecular formula is C30H37N3O5S. The Morgan fingerprint density at radius 1 is 0.897 bits per heavy atom. The maximum atomic E-state index is 14.0. The van der Waals surface area contributed by atoms with Crippen LogP contribution in [0, 0.1) is 5.92 Å². The van der Waals surface area contributed by atoms with Gasteiger partial charge in [-0.15, -0.1) is 0 Å². The molecule has 208 valence electrons. The SMILES string of the molecule is COc1cccc(CN(C(=O)CN(c2ccccc2)S(C)(=O)=O)[C@H](Cc2ccccc2)C(=O)NCC(C)C)c1. The number of para-hydroxylation sites is 1. The third-order valence-electron chi connectivity index (χ3n) is 6.17. The van der Waals surface area contributed by atoms with Crippen LogP contribution in [0.3, 0.4) is 0 Å². The van der Waals surface area contributed by atoms with Gasteiger partial charge in [-0.3, -0.25) is 13.9 Å². The van der Waals surface area contributed by atoms with Crippen molar-refractivity contribution in [1.29, 1.82) is 0 Å². The Bertz CT molecular complexity index is 1330. The summed E-state index contributed by atoms with van der Waals surface area (Å²) in [6.07, 6.45) is 1.33. The van der Waals surface area contributed by atoms with E-state index in [0.717, 1.165) is 21.7 Å². The topological polar surface area (TPSA) is 96.0 Å². The Hall–Kier alpha value is -3.85. The largest absolute Gasteiger partial charge is 0.497 e. The van der Waals surface area contributed by atoms with Crippen LogP contribution < -0.4 is 14.4 Å². The van der Waals surface area contributed by atoms with E-state index >= 15 is 0 Å². The van der Waals surface area contributed by atoms with Gasteiger partial charge in [0.15, 0.2) is 0 Å². The van der Waals surface area contributed by atoms with Gasteiger partial charge < -0.3 is 15.0 Å². The second-order valence-electron chi connectivity index (χ2n) is 9.82. The van der Waals surface area contributed by atoms with Crippen molar-refractivity contribution in [3.8, 4) is 5.75 Å². The Kier molecular flexibility index (Phi) is 10.5. The number of carbonyl (C=O) groups is 2. The zero-order chi connectivity index (χ0) is 28.4. The van der Waals surface area contributed by atoms with E-state index in [-0.39, 0.29) is 24.8 Å². The van der Waals surface area contributed by atoms with Crippen LogP contribution in [-0.2, 0) is 32.6 Å². The first-order valence-corrected chi connectivity index (χ1v) is 14.7. The van der Waals surface area contributed by atoms with Gasteiger partial charge in [-0.05, 0) is 41.3 Å². The Morgan fingerprint density at radius 3 is 2.10 bits per heavy atom. The van der Waals surface area contributed by atoms with E-state index in [1.54, 1.807) is 49.6 Å². The number of nitrogens with one attached hydrogen (secondary N) is 1. The molecule has 0 bridgehead atoms. The number of ether oxygens (including phenoxy) is 1.